The van der Waals surface area contributed by atoms with Gasteiger partial charge in [-0.1, -0.05) is 6.92 Å². The van der Waals surface area contributed by atoms with Crippen LogP contribution in [0, 0.1) is 0 Å². The van der Waals surface area contributed by atoms with Crippen LogP contribution >= 0.6 is 0 Å². The van der Waals surface area contributed by atoms with E-state index in [0.717, 1.165) is 13.0 Å². The molecule has 0 radical (unpaired) electrons. The Morgan fingerprint density at radius 2 is 1.95 bits per heavy atom. The van der Waals surface area contributed by atoms with Gasteiger partial charge in [-0.25, -0.2) is 4.98 Å². The molecule has 2 heterocycles. The molecular formula is C12H18N8O. The van der Waals surface area contributed by atoms with Gasteiger partial charge >= 0.3 is 0 Å². The van der Waals surface area contributed by atoms with E-state index < -0.39 is 0 Å². The highest BCUT2D eigenvalue weighted by molar-refractivity contribution is 5.74. The predicted octanol–water partition coefficient (Wildman–Crippen LogP) is 0.167. The summed E-state index contributed by atoms with van der Waals surface area (Å²) in [5.41, 5.74) is 5.10. The highest BCUT2D eigenvalue weighted by Gasteiger charge is 2.08. The van der Waals surface area contributed by atoms with Crippen LogP contribution in [-0.2, 0) is 4.79 Å². The summed E-state index contributed by atoms with van der Waals surface area (Å²) in [6.07, 6.45) is 6.15. The third-order valence-electron chi connectivity index (χ3n) is 2.55. The summed E-state index contributed by atoms with van der Waals surface area (Å²) in [7, 11) is 0. The Labute approximate surface area is 122 Å². The van der Waals surface area contributed by atoms with Crippen LogP contribution in [0.5, 0.6) is 0 Å². The van der Waals surface area contributed by atoms with Gasteiger partial charge in [0.05, 0.1) is 0 Å². The molecule has 2 aromatic rings. The number of nitrogens with one attached hydrogen (secondary N) is 2. The van der Waals surface area contributed by atoms with Crippen molar-refractivity contribution in [3.63, 3.8) is 0 Å². The summed E-state index contributed by atoms with van der Waals surface area (Å²) in [4.78, 5) is 27.6. The lowest BCUT2D eigenvalue weighted by molar-refractivity contribution is -0.117. The molecule has 0 spiro atoms. The van der Waals surface area contributed by atoms with Crippen molar-refractivity contribution in [3.05, 3.63) is 18.7 Å². The van der Waals surface area contributed by atoms with Crippen LogP contribution in [-0.4, -0.2) is 43.5 Å². The lowest BCUT2D eigenvalue weighted by Gasteiger charge is -2.09. The number of primary amides is 1. The maximum atomic E-state index is 10.8. The molecule has 0 aromatic carbocycles. The van der Waals surface area contributed by atoms with Gasteiger partial charge in [0.1, 0.15) is 6.33 Å². The van der Waals surface area contributed by atoms with Gasteiger partial charge < -0.3 is 16.4 Å². The number of anilines is 2. The minimum Gasteiger partial charge on any atom is -0.370 e. The molecule has 21 heavy (non-hydrogen) atoms. The molecule has 4 N–H and O–H groups in total. The average molecular weight is 290 g/mol. The first-order chi connectivity index (χ1) is 10.2. The molecule has 9 heteroatoms. The van der Waals surface area contributed by atoms with Crippen LogP contribution in [0.15, 0.2) is 18.7 Å². The maximum absolute atomic E-state index is 10.8. The summed E-state index contributed by atoms with van der Waals surface area (Å²) in [6.45, 7) is 3.18. The van der Waals surface area contributed by atoms with E-state index >= 15 is 0 Å². The molecule has 2 rings (SSSR count). The van der Waals surface area contributed by atoms with Gasteiger partial charge in [0, 0.05) is 31.9 Å². The summed E-state index contributed by atoms with van der Waals surface area (Å²) in [5.74, 6) is 0.920. The van der Waals surface area contributed by atoms with Gasteiger partial charge in [0.2, 0.25) is 23.8 Å². The van der Waals surface area contributed by atoms with Crippen LogP contribution in [0.3, 0.4) is 0 Å². The van der Waals surface area contributed by atoms with Gasteiger partial charge in [-0.3, -0.25) is 9.36 Å². The molecule has 0 aliphatic heterocycles. The number of nitrogens with two attached hydrogens (primary N) is 1. The van der Waals surface area contributed by atoms with Gasteiger partial charge in [0.25, 0.3) is 0 Å². The third-order valence-corrected chi connectivity index (χ3v) is 2.55. The normalized spacial score (nSPS) is 10.3. The SMILES string of the molecule is CCCNc1nc(NCCC(N)=O)nc(-n2ccnc2)n1. The first-order valence-electron chi connectivity index (χ1n) is 6.69. The molecule has 9 nitrogen and oxygen atoms in total. The molecule has 0 atom stereocenters. The smallest absolute Gasteiger partial charge is 0.241 e. The minimum absolute atomic E-state index is 0.212. The number of rotatable bonds is 8. The number of hydrogen-bond acceptors (Lipinski definition) is 7. The van der Waals surface area contributed by atoms with Crippen molar-refractivity contribution in [2.75, 3.05) is 23.7 Å². The van der Waals surface area contributed by atoms with Crippen LogP contribution in [0.4, 0.5) is 11.9 Å². The molecule has 0 fully saturated rings. The molecule has 0 saturated carbocycles. The quantitative estimate of drug-likeness (QED) is 0.633. The Balaban J connectivity index is 2.18. The van der Waals surface area contributed by atoms with Crippen molar-refractivity contribution in [2.24, 2.45) is 5.73 Å². The van der Waals surface area contributed by atoms with Gasteiger partial charge in [-0.2, -0.15) is 15.0 Å². The first kappa shape index (κ1) is 14.7. The largest absolute Gasteiger partial charge is 0.370 e. The Bertz CT molecular complexity index is 583. The van der Waals surface area contributed by atoms with Gasteiger partial charge in [0.15, 0.2) is 0 Å². The van der Waals surface area contributed by atoms with E-state index in [-0.39, 0.29) is 12.3 Å². The number of aromatic nitrogens is 5. The van der Waals surface area contributed by atoms with Crippen molar-refractivity contribution in [2.45, 2.75) is 19.8 Å². The molecule has 112 valence electrons. The van der Waals surface area contributed by atoms with Crippen molar-refractivity contribution < 1.29 is 4.79 Å². The number of carbonyl (C=O) groups is 1. The molecule has 1 amide bonds. The second kappa shape index (κ2) is 7.17. The van der Waals surface area contributed by atoms with E-state index in [9.17, 15) is 4.79 Å². The van der Waals surface area contributed by atoms with Crippen molar-refractivity contribution >= 4 is 17.8 Å². The number of amides is 1. The number of nitrogens with zero attached hydrogens (tertiary/aromatic N) is 5. The fourth-order valence-electron chi connectivity index (χ4n) is 1.55. The number of hydrogen-bond donors (Lipinski definition) is 3. The Morgan fingerprint density at radius 1 is 1.24 bits per heavy atom. The van der Waals surface area contributed by atoms with Gasteiger partial charge in [-0.15, -0.1) is 0 Å². The zero-order chi connectivity index (χ0) is 15.1. The second-order valence-corrected chi connectivity index (χ2v) is 4.32. The first-order valence-corrected chi connectivity index (χ1v) is 6.69. The average Bonchev–Trinajstić information content (AvgIpc) is 2.99. The monoisotopic (exact) mass is 290 g/mol. The number of carbonyl (C=O) groups excluding carboxylic acids is 1. The standard InChI is InChI=1S/C12H18N8O/c1-2-4-15-10-17-11(16-5-3-9(13)21)19-12(18-10)20-7-6-14-8-20/h6-8H,2-5H2,1H3,(H2,13,21)(H2,15,16,17,18,19). The molecule has 0 unspecified atom stereocenters. The molecule has 0 bridgehead atoms. The van der Waals surface area contributed by atoms with Crippen molar-refractivity contribution in [3.8, 4) is 5.95 Å². The molecule has 0 saturated heterocycles. The van der Waals surface area contributed by atoms with Crippen molar-refractivity contribution in [1.29, 1.82) is 0 Å². The summed E-state index contributed by atoms with van der Waals surface area (Å²) in [5, 5.41) is 6.07. The molecule has 0 aliphatic carbocycles. The van der Waals surface area contributed by atoms with Crippen LogP contribution < -0.4 is 16.4 Å². The Hall–Kier alpha value is -2.71. The summed E-state index contributed by atoms with van der Waals surface area (Å²) in [6, 6.07) is 0. The number of imidazole rings is 1. The Morgan fingerprint density at radius 3 is 2.52 bits per heavy atom. The second-order valence-electron chi connectivity index (χ2n) is 4.32. The van der Waals surface area contributed by atoms with Gasteiger partial charge in [-0.05, 0) is 6.42 Å². The van der Waals surface area contributed by atoms with E-state index in [1.165, 1.54) is 0 Å². The zero-order valence-electron chi connectivity index (χ0n) is 11.8. The zero-order valence-corrected chi connectivity index (χ0v) is 11.8. The fraction of sp³-hybridized carbons (Fsp3) is 0.417. The fourth-order valence-corrected chi connectivity index (χ4v) is 1.55. The van der Waals surface area contributed by atoms with Crippen molar-refractivity contribution in [1.82, 2.24) is 24.5 Å². The highest BCUT2D eigenvalue weighted by Crippen LogP contribution is 2.09. The van der Waals surface area contributed by atoms with E-state index in [2.05, 4.69) is 37.5 Å². The van der Waals surface area contributed by atoms with E-state index in [4.69, 9.17) is 5.73 Å². The maximum Gasteiger partial charge on any atom is 0.241 e. The topological polar surface area (TPSA) is 124 Å². The predicted molar refractivity (Wildman–Crippen MR) is 78.0 cm³/mol. The van der Waals surface area contributed by atoms with Crippen LogP contribution in [0.1, 0.15) is 19.8 Å². The molecule has 2 aromatic heterocycles. The minimum atomic E-state index is -0.379. The summed E-state index contributed by atoms with van der Waals surface area (Å²) >= 11 is 0. The van der Waals surface area contributed by atoms with Crippen LogP contribution in [0.2, 0.25) is 0 Å². The third kappa shape index (κ3) is 4.41. The molecule has 0 aliphatic rings. The lowest BCUT2D eigenvalue weighted by Crippen LogP contribution is -2.18. The van der Waals surface area contributed by atoms with E-state index in [0.29, 0.717) is 24.4 Å². The summed E-state index contributed by atoms with van der Waals surface area (Å²) < 4.78 is 1.68. The lowest BCUT2D eigenvalue weighted by atomic mass is 10.4. The molecular weight excluding hydrogens is 272 g/mol. The van der Waals surface area contributed by atoms with E-state index in [1.807, 2.05) is 0 Å². The highest BCUT2D eigenvalue weighted by atomic mass is 16.1. The Kier molecular flexibility index (Phi) is 5.02. The van der Waals surface area contributed by atoms with Crippen LogP contribution in [0.25, 0.3) is 5.95 Å². The van der Waals surface area contributed by atoms with E-state index in [1.54, 1.807) is 23.3 Å².